The lowest BCUT2D eigenvalue weighted by atomic mass is 9.69. The first-order valence-electron chi connectivity index (χ1n) is 6.63. The van der Waals surface area contributed by atoms with E-state index in [4.69, 9.17) is 0 Å². The van der Waals surface area contributed by atoms with Crippen LogP contribution in [0.15, 0.2) is 12.4 Å². The number of aryl methyl sites for hydroxylation is 1. The standard InChI is InChI=1S/C13H20N4O3/c1-16(7-10-6-15-17(2)8-10)12(20)14-9-13(11(18)19)4-3-5-13/h6,8H,3-5,7,9H2,1-2H3,(H,14,20)(H,18,19). The summed E-state index contributed by atoms with van der Waals surface area (Å²) in [7, 11) is 3.49. The SMILES string of the molecule is CN(Cc1cnn(C)c1)C(=O)NCC1(C(=O)O)CCC1. The van der Waals surface area contributed by atoms with Gasteiger partial charge >= 0.3 is 12.0 Å². The van der Waals surface area contributed by atoms with Crippen molar-refractivity contribution in [2.75, 3.05) is 13.6 Å². The van der Waals surface area contributed by atoms with E-state index in [1.165, 1.54) is 4.90 Å². The zero-order valence-corrected chi connectivity index (χ0v) is 11.8. The van der Waals surface area contributed by atoms with E-state index in [0.29, 0.717) is 19.4 Å². The molecule has 1 aromatic rings. The van der Waals surface area contributed by atoms with Crippen molar-refractivity contribution in [1.29, 1.82) is 0 Å². The first kappa shape index (κ1) is 14.4. The molecule has 110 valence electrons. The van der Waals surface area contributed by atoms with Gasteiger partial charge < -0.3 is 15.3 Å². The smallest absolute Gasteiger partial charge is 0.317 e. The number of hydrogen-bond donors (Lipinski definition) is 2. The van der Waals surface area contributed by atoms with Crippen LogP contribution in [0, 0.1) is 5.41 Å². The number of hydrogen-bond acceptors (Lipinski definition) is 3. The van der Waals surface area contributed by atoms with Crippen LogP contribution in [0.3, 0.4) is 0 Å². The number of carbonyl (C=O) groups excluding carboxylic acids is 1. The maximum atomic E-state index is 12.0. The molecule has 0 spiro atoms. The fraction of sp³-hybridized carbons (Fsp3) is 0.615. The Labute approximate surface area is 117 Å². The molecule has 0 saturated heterocycles. The van der Waals surface area contributed by atoms with E-state index in [2.05, 4.69) is 10.4 Å². The molecule has 1 fully saturated rings. The zero-order chi connectivity index (χ0) is 14.8. The lowest BCUT2D eigenvalue weighted by Gasteiger charge is -2.37. The van der Waals surface area contributed by atoms with Crippen LogP contribution in [0.5, 0.6) is 0 Å². The van der Waals surface area contributed by atoms with Crippen molar-refractivity contribution >= 4 is 12.0 Å². The van der Waals surface area contributed by atoms with E-state index in [9.17, 15) is 14.7 Å². The van der Waals surface area contributed by atoms with Gasteiger partial charge in [0.1, 0.15) is 0 Å². The molecule has 2 N–H and O–H groups in total. The molecule has 20 heavy (non-hydrogen) atoms. The highest BCUT2D eigenvalue weighted by atomic mass is 16.4. The van der Waals surface area contributed by atoms with Crippen molar-refractivity contribution in [3.8, 4) is 0 Å². The first-order valence-corrected chi connectivity index (χ1v) is 6.63. The predicted octanol–water partition coefficient (Wildman–Crippen LogP) is 0.816. The number of carboxylic acids is 1. The largest absolute Gasteiger partial charge is 0.481 e. The molecule has 0 aliphatic heterocycles. The Balaban J connectivity index is 1.83. The highest BCUT2D eigenvalue weighted by Crippen LogP contribution is 2.40. The summed E-state index contributed by atoms with van der Waals surface area (Å²) >= 11 is 0. The number of carbonyl (C=O) groups is 2. The topological polar surface area (TPSA) is 87.5 Å². The van der Waals surface area contributed by atoms with Crippen molar-refractivity contribution in [3.63, 3.8) is 0 Å². The average Bonchev–Trinajstić information content (AvgIpc) is 2.72. The number of urea groups is 1. The monoisotopic (exact) mass is 280 g/mol. The molecule has 0 unspecified atom stereocenters. The Hall–Kier alpha value is -2.05. The van der Waals surface area contributed by atoms with Crippen LogP contribution in [0.25, 0.3) is 0 Å². The minimum atomic E-state index is -0.820. The molecule has 7 nitrogen and oxygen atoms in total. The third kappa shape index (κ3) is 2.92. The number of aromatic nitrogens is 2. The van der Waals surface area contributed by atoms with Gasteiger partial charge in [0.15, 0.2) is 0 Å². The number of nitrogens with zero attached hydrogens (tertiary/aromatic N) is 3. The minimum absolute atomic E-state index is 0.193. The third-order valence-corrected chi connectivity index (χ3v) is 3.87. The van der Waals surface area contributed by atoms with Gasteiger partial charge in [-0.2, -0.15) is 5.10 Å². The minimum Gasteiger partial charge on any atom is -0.481 e. The number of aliphatic carboxylic acids is 1. The molecule has 0 bridgehead atoms. The lowest BCUT2D eigenvalue weighted by Crippen LogP contribution is -2.49. The average molecular weight is 280 g/mol. The van der Waals surface area contributed by atoms with E-state index in [0.717, 1.165) is 12.0 Å². The number of carboxylic acid groups (broad SMARTS) is 1. The van der Waals surface area contributed by atoms with Crippen LogP contribution in [0.4, 0.5) is 4.79 Å². The summed E-state index contributed by atoms with van der Waals surface area (Å²) in [6, 6.07) is -0.263. The normalized spacial score (nSPS) is 16.3. The molecule has 1 saturated carbocycles. The van der Waals surface area contributed by atoms with Crippen LogP contribution in [-0.2, 0) is 18.4 Å². The van der Waals surface area contributed by atoms with Gasteiger partial charge in [-0.15, -0.1) is 0 Å². The molecule has 0 radical (unpaired) electrons. The predicted molar refractivity (Wildman–Crippen MR) is 72.0 cm³/mol. The van der Waals surface area contributed by atoms with Crippen molar-refractivity contribution in [3.05, 3.63) is 18.0 Å². The van der Waals surface area contributed by atoms with Gasteiger partial charge in [0.25, 0.3) is 0 Å². The summed E-state index contributed by atoms with van der Waals surface area (Å²) in [4.78, 5) is 24.7. The summed E-state index contributed by atoms with van der Waals surface area (Å²) in [5.41, 5.74) is 0.173. The van der Waals surface area contributed by atoms with Crippen LogP contribution in [0.1, 0.15) is 24.8 Å². The summed E-state index contributed by atoms with van der Waals surface area (Å²) in [5, 5.41) is 16.0. The van der Waals surface area contributed by atoms with Crippen molar-refractivity contribution in [1.82, 2.24) is 20.0 Å². The lowest BCUT2D eigenvalue weighted by molar-refractivity contribution is -0.153. The second kappa shape index (κ2) is 5.52. The summed E-state index contributed by atoms with van der Waals surface area (Å²) in [5.74, 6) is -0.820. The summed E-state index contributed by atoms with van der Waals surface area (Å²) < 4.78 is 1.68. The fourth-order valence-corrected chi connectivity index (χ4v) is 2.35. The maximum absolute atomic E-state index is 12.0. The van der Waals surface area contributed by atoms with Crippen molar-refractivity contribution < 1.29 is 14.7 Å². The van der Waals surface area contributed by atoms with E-state index in [-0.39, 0.29) is 12.6 Å². The second-order valence-electron chi connectivity index (χ2n) is 5.48. The number of rotatable bonds is 5. The molecule has 1 heterocycles. The number of amides is 2. The van der Waals surface area contributed by atoms with Crippen molar-refractivity contribution in [2.24, 2.45) is 12.5 Å². The molecule has 2 amide bonds. The molecule has 0 aromatic carbocycles. The Morgan fingerprint density at radius 3 is 2.70 bits per heavy atom. The van der Waals surface area contributed by atoms with Gasteiger partial charge in [-0.05, 0) is 12.8 Å². The molecular weight excluding hydrogens is 260 g/mol. The summed E-state index contributed by atoms with van der Waals surface area (Å²) in [6.07, 6.45) is 5.72. The fourth-order valence-electron chi connectivity index (χ4n) is 2.35. The molecule has 7 heteroatoms. The van der Waals surface area contributed by atoms with E-state index in [1.54, 1.807) is 17.9 Å². The zero-order valence-electron chi connectivity index (χ0n) is 11.8. The molecule has 1 aliphatic carbocycles. The van der Waals surface area contributed by atoms with E-state index >= 15 is 0 Å². The Kier molecular flexibility index (Phi) is 3.96. The quantitative estimate of drug-likeness (QED) is 0.835. The van der Waals surface area contributed by atoms with Gasteiger partial charge in [0.2, 0.25) is 0 Å². The van der Waals surface area contributed by atoms with E-state index < -0.39 is 11.4 Å². The Bertz CT molecular complexity index is 507. The van der Waals surface area contributed by atoms with Crippen LogP contribution in [0.2, 0.25) is 0 Å². The molecule has 1 aliphatic rings. The molecule has 0 atom stereocenters. The molecular formula is C13H20N4O3. The third-order valence-electron chi connectivity index (χ3n) is 3.87. The van der Waals surface area contributed by atoms with Gasteiger partial charge in [-0.25, -0.2) is 4.79 Å². The van der Waals surface area contributed by atoms with Crippen LogP contribution >= 0.6 is 0 Å². The maximum Gasteiger partial charge on any atom is 0.317 e. The van der Waals surface area contributed by atoms with Gasteiger partial charge in [0, 0.05) is 32.4 Å². The Morgan fingerprint density at radius 1 is 1.55 bits per heavy atom. The molecule has 1 aromatic heterocycles. The van der Waals surface area contributed by atoms with Crippen LogP contribution < -0.4 is 5.32 Å². The van der Waals surface area contributed by atoms with Crippen molar-refractivity contribution in [2.45, 2.75) is 25.8 Å². The second-order valence-corrected chi connectivity index (χ2v) is 5.48. The first-order chi connectivity index (χ1) is 9.43. The Morgan fingerprint density at radius 2 is 2.25 bits per heavy atom. The number of nitrogens with one attached hydrogen (secondary N) is 1. The van der Waals surface area contributed by atoms with Gasteiger partial charge in [0.05, 0.1) is 18.2 Å². The highest BCUT2D eigenvalue weighted by Gasteiger charge is 2.44. The highest BCUT2D eigenvalue weighted by molar-refractivity contribution is 5.78. The molecule has 2 rings (SSSR count). The van der Waals surface area contributed by atoms with Crippen LogP contribution in [-0.4, -0.2) is 45.4 Å². The van der Waals surface area contributed by atoms with E-state index in [1.807, 2.05) is 13.2 Å². The summed E-state index contributed by atoms with van der Waals surface area (Å²) in [6.45, 7) is 0.637. The van der Waals surface area contributed by atoms with Gasteiger partial charge in [-0.3, -0.25) is 9.48 Å². The van der Waals surface area contributed by atoms with Gasteiger partial charge in [-0.1, -0.05) is 6.42 Å².